The molecule has 1 saturated heterocycles. The second-order valence-electron chi connectivity index (χ2n) is 6.01. The highest BCUT2D eigenvalue weighted by atomic mass is 32.1. The van der Waals surface area contributed by atoms with E-state index in [0.717, 1.165) is 23.3 Å². The van der Waals surface area contributed by atoms with Crippen LogP contribution in [0.25, 0.3) is 6.08 Å². The van der Waals surface area contributed by atoms with Gasteiger partial charge in [-0.15, -0.1) is 11.3 Å². The zero-order valence-electron chi connectivity index (χ0n) is 13.3. The maximum absolute atomic E-state index is 13.0. The van der Waals surface area contributed by atoms with Crippen molar-refractivity contribution in [3.63, 3.8) is 0 Å². The summed E-state index contributed by atoms with van der Waals surface area (Å²) in [5, 5.41) is 12.4. The van der Waals surface area contributed by atoms with Crippen molar-refractivity contribution >= 4 is 23.3 Å². The normalized spacial score (nSPS) is 17.3. The second kappa shape index (κ2) is 7.73. The summed E-state index contributed by atoms with van der Waals surface area (Å²) in [5.41, 5.74) is 0.735. The minimum atomic E-state index is -0.607. The van der Waals surface area contributed by atoms with E-state index in [1.165, 1.54) is 12.1 Å². The fourth-order valence-electron chi connectivity index (χ4n) is 3.01. The van der Waals surface area contributed by atoms with Gasteiger partial charge in [0.15, 0.2) is 0 Å². The molecule has 5 heteroatoms. The Kier molecular flexibility index (Phi) is 5.43. The van der Waals surface area contributed by atoms with Crippen LogP contribution in [0.1, 0.15) is 29.4 Å². The van der Waals surface area contributed by atoms with E-state index in [4.69, 9.17) is 0 Å². The van der Waals surface area contributed by atoms with Crippen LogP contribution >= 0.6 is 11.3 Å². The molecule has 0 unspecified atom stereocenters. The zero-order chi connectivity index (χ0) is 16.9. The number of rotatable bonds is 4. The van der Waals surface area contributed by atoms with Crippen LogP contribution in [-0.2, 0) is 4.79 Å². The summed E-state index contributed by atoms with van der Waals surface area (Å²) in [7, 11) is 0. The summed E-state index contributed by atoms with van der Waals surface area (Å²) in [5.74, 6) is -0.192. The van der Waals surface area contributed by atoms with Crippen LogP contribution in [0.2, 0.25) is 0 Å². The van der Waals surface area contributed by atoms with Gasteiger partial charge in [-0.25, -0.2) is 4.39 Å². The molecule has 1 N–H and O–H groups in total. The van der Waals surface area contributed by atoms with E-state index in [9.17, 15) is 14.3 Å². The van der Waals surface area contributed by atoms with Crippen molar-refractivity contribution in [2.75, 3.05) is 13.1 Å². The Bertz CT molecular complexity index is 689. The lowest BCUT2D eigenvalue weighted by molar-refractivity contribution is -0.127. The van der Waals surface area contributed by atoms with Crippen LogP contribution in [0.15, 0.2) is 47.9 Å². The van der Waals surface area contributed by atoms with Crippen molar-refractivity contribution in [3.05, 3.63) is 64.1 Å². The zero-order valence-corrected chi connectivity index (χ0v) is 14.1. The van der Waals surface area contributed by atoms with Gasteiger partial charge in [0.25, 0.3) is 0 Å². The van der Waals surface area contributed by atoms with Crippen LogP contribution in [0.3, 0.4) is 0 Å². The third-order valence-electron chi connectivity index (χ3n) is 4.44. The first-order valence-electron chi connectivity index (χ1n) is 8.07. The fraction of sp³-hybridized carbons (Fsp3) is 0.316. The quantitative estimate of drug-likeness (QED) is 0.855. The number of carbonyl (C=O) groups excluding carboxylic acids is 1. The highest BCUT2D eigenvalue weighted by Gasteiger charge is 2.27. The van der Waals surface area contributed by atoms with Gasteiger partial charge in [-0.3, -0.25) is 4.79 Å². The van der Waals surface area contributed by atoms with Gasteiger partial charge in [0, 0.05) is 24.0 Å². The number of carbonyl (C=O) groups is 1. The van der Waals surface area contributed by atoms with E-state index < -0.39 is 6.10 Å². The Hall–Kier alpha value is -1.98. The first-order valence-corrected chi connectivity index (χ1v) is 8.95. The van der Waals surface area contributed by atoms with Crippen molar-refractivity contribution in [1.29, 1.82) is 0 Å². The first-order chi connectivity index (χ1) is 11.6. The van der Waals surface area contributed by atoms with Gasteiger partial charge in [-0.05, 0) is 54.0 Å². The number of benzene rings is 1. The molecule has 1 atom stereocenters. The summed E-state index contributed by atoms with van der Waals surface area (Å²) in [6, 6.07) is 9.92. The number of hydrogen-bond donors (Lipinski definition) is 1. The summed E-state index contributed by atoms with van der Waals surface area (Å²) >= 11 is 1.60. The van der Waals surface area contributed by atoms with Gasteiger partial charge in [0.2, 0.25) is 5.91 Å². The largest absolute Gasteiger partial charge is 0.388 e. The van der Waals surface area contributed by atoms with Crippen LogP contribution in [0.5, 0.6) is 0 Å². The monoisotopic (exact) mass is 345 g/mol. The molecule has 1 aliphatic heterocycles. The molecule has 2 aromatic rings. The smallest absolute Gasteiger partial charge is 0.246 e. The number of nitrogens with zero attached hydrogens (tertiary/aromatic N) is 1. The first kappa shape index (κ1) is 16.9. The summed E-state index contributed by atoms with van der Waals surface area (Å²) in [4.78, 5) is 15.1. The number of hydrogen-bond acceptors (Lipinski definition) is 3. The molecular weight excluding hydrogens is 325 g/mol. The molecule has 0 aliphatic carbocycles. The number of likely N-dealkylation sites (tertiary alicyclic amines) is 1. The van der Waals surface area contributed by atoms with Crippen molar-refractivity contribution in [1.82, 2.24) is 4.90 Å². The van der Waals surface area contributed by atoms with E-state index >= 15 is 0 Å². The predicted octanol–water partition coefficient (Wildman–Crippen LogP) is 3.87. The number of halogens is 1. The fourth-order valence-corrected chi connectivity index (χ4v) is 3.63. The van der Waals surface area contributed by atoms with Gasteiger partial charge in [0.05, 0.1) is 6.10 Å². The standard InChI is InChI=1S/C19H20FNO2S/c20-16-5-3-14(4-6-16)19(23)15-9-11-21(12-10-15)18(22)8-7-17-2-1-13-24-17/h1-8,13,15,19,23H,9-12H2/b8-7-/t19-/m1/s1. The van der Waals surface area contributed by atoms with Crippen molar-refractivity contribution in [2.24, 2.45) is 5.92 Å². The van der Waals surface area contributed by atoms with Gasteiger partial charge >= 0.3 is 0 Å². The molecule has 1 amide bonds. The van der Waals surface area contributed by atoms with E-state index in [0.29, 0.717) is 13.1 Å². The second-order valence-corrected chi connectivity index (χ2v) is 6.99. The molecule has 1 aliphatic rings. The summed E-state index contributed by atoms with van der Waals surface area (Å²) in [6.07, 6.45) is 4.34. The maximum atomic E-state index is 13.0. The van der Waals surface area contributed by atoms with E-state index in [1.807, 2.05) is 28.5 Å². The van der Waals surface area contributed by atoms with E-state index in [1.54, 1.807) is 29.5 Å². The molecule has 3 nitrogen and oxygen atoms in total. The number of amides is 1. The van der Waals surface area contributed by atoms with E-state index in [-0.39, 0.29) is 17.6 Å². The summed E-state index contributed by atoms with van der Waals surface area (Å²) in [6.45, 7) is 1.27. The maximum Gasteiger partial charge on any atom is 0.246 e. The van der Waals surface area contributed by atoms with Gasteiger partial charge in [-0.1, -0.05) is 18.2 Å². The van der Waals surface area contributed by atoms with Gasteiger partial charge in [0.1, 0.15) is 5.82 Å². The molecule has 1 aromatic heterocycles. The lowest BCUT2D eigenvalue weighted by Crippen LogP contribution is -2.38. The lowest BCUT2D eigenvalue weighted by Gasteiger charge is -2.33. The van der Waals surface area contributed by atoms with E-state index in [2.05, 4.69) is 0 Å². The average molecular weight is 345 g/mol. The molecule has 1 fully saturated rings. The van der Waals surface area contributed by atoms with Gasteiger partial charge in [-0.2, -0.15) is 0 Å². The highest BCUT2D eigenvalue weighted by Crippen LogP contribution is 2.30. The number of aliphatic hydroxyl groups is 1. The molecule has 3 rings (SSSR count). The Balaban J connectivity index is 1.53. The third kappa shape index (κ3) is 4.10. The lowest BCUT2D eigenvalue weighted by atomic mass is 9.87. The Labute approximate surface area is 145 Å². The SMILES string of the molecule is O=C(/C=C\c1cccs1)N1CCC([C@H](O)c2ccc(F)cc2)CC1. The predicted molar refractivity (Wildman–Crippen MR) is 94.0 cm³/mol. The Morgan fingerprint density at radius 1 is 1.25 bits per heavy atom. The Morgan fingerprint density at radius 3 is 2.58 bits per heavy atom. The number of aliphatic hydroxyl groups excluding tert-OH is 1. The van der Waals surface area contributed by atoms with Crippen LogP contribution in [-0.4, -0.2) is 29.0 Å². The molecule has 2 heterocycles. The molecule has 0 radical (unpaired) electrons. The molecule has 1 aromatic carbocycles. The average Bonchev–Trinajstić information content (AvgIpc) is 3.13. The number of thiophene rings is 1. The van der Waals surface area contributed by atoms with Crippen molar-refractivity contribution < 1.29 is 14.3 Å². The third-order valence-corrected chi connectivity index (χ3v) is 5.28. The minimum absolute atomic E-state index is 0.0121. The topological polar surface area (TPSA) is 40.5 Å². The molecule has 24 heavy (non-hydrogen) atoms. The van der Waals surface area contributed by atoms with Crippen LogP contribution in [0.4, 0.5) is 4.39 Å². The summed E-state index contributed by atoms with van der Waals surface area (Å²) < 4.78 is 13.0. The van der Waals surface area contributed by atoms with Crippen molar-refractivity contribution in [2.45, 2.75) is 18.9 Å². The molecule has 0 spiro atoms. The number of piperidine rings is 1. The Morgan fingerprint density at radius 2 is 1.96 bits per heavy atom. The molecular formula is C19H20FNO2S. The van der Waals surface area contributed by atoms with Crippen LogP contribution in [0, 0.1) is 11.7 Å². The molecule has 0 saturated carbocycles. The minimum Gasteiger partial charge on any atom is -0.388 e. The highest BCUT2D eigenvalue weighted by molar-refractivity contribution is 7.10. The van der Waals surface area contributed by atoms with Gasteiger partial charge < -0.3 is 10.0 Å². The van der Waals surface area contributed by atoms with Crippen LogP contribution < -0.4 is 0 Å². The van der Waals surface area contributed by atoms with Crippen molar-refractivity contribution in [3.8, 4) is 0 Å². The molecule has 126 valence electrons. The molecule has 0 bridgehead atoms.